The Bertz CT molecular complexity index is 749. The molecule has 182 valence electrons. The number of ketones is 1. The van der Waals surface area contributed by atoms with Crippen LogP contribution in [0.2, 0.25) is 18.1 Å². The van der Waals surface area contributed by atoms with Crippen LogP contribution in [0.15, 0.2) is 12.7 Å². The third-order valence-corrected chi connectivity index (χ3v) is 15.1. The lowest BCUT2D eigenvalue weighted by atomic mass is 9.51. The summed E-state index contributed by atoms with van der Waals surface area (Å²) in [6.07, 6.45) is 8.94. The highest BCUT2D eigenvalue weighted by atomic mass is 28.4. The molecule has 1 saturated heterocycles. The van der Waals surface area contributed by atoms with E-state index >= 15 is 0 Å². The Labute approximate surface area is 197 Å². The molecule has 4 nitrogen and oxygen atoms in total. The molecule has 1 heterocycles. The Hall–Kier alpha value is -0.493. The van der Waals surface area contributed by atoms with Crippen molar-refractivity contribution in [2.45, 2.75) is 110 Å². The zero-order chi connectivity index (χ0) is 23.6. The first kappa shape index (κ1) is 24.6. The van der Waals surface area contributed by atoms with Gasteiger partial charge in [0.2, 0.25) is 0 Å². The fourth-order valence-corrected chi connectivity index (χ4v) is 8.77. The summed E-state index contributed by atoms with van der Waals surface area (Å²) in [4.78, 5) is 13.7. The lowest BCUT2D eigenvalue weighted by Gasteiger charge is -2.55. The van der Waals surface area contributed by atoms with Crippen LogP contribution in [-0.2, 0) is 18.7 Å². The molecule has 0 aromatic heterocycles. The summed E-state index contributed by atoms with van der Waals surface area (Å²) in [6, 6.07) is 0. The van der Waals surface area contributed by atoms with Gasteiger partial charge in [0, 0.05) is 23.7 Å². The molecule has 0 aromatic carbocycles. The second-order valence-electron chi connectivity index (χ2n) is 13.1. The van der Waals surface area contributed by atoms with Crippen molar-refractivity contribution in [3.63, 3.8) is 0 Å². The van der Waals surface area contributed by atoms with Crippen LogP contribution in [0.3, 0.4) is 0 Å². The second-order valence-corrected chi connectivity index (χ2v) is 17.8. The fourth-order valence-electron chi connectivity index (χ4n) is 7.38. The number of allylic oxidation sites excluding steroid dienone is 1. The molecule has 0 aromatic rings. The van der Waals surface area contributed by atoms with Gasteiger partial charge in [0.15, 0.2) is 14.1 Å². The first-order valence-corrected chi connectivity index (χ1v) is 15.8. The molecule has 4 fully saturated rings. The summed E-state index contributed by atoms with van der Waals surface area (Å²) in [7, 11) is -1.87. The van der Waals surface area contributed by atoms with E-state index in [1.165, 1.54) is 0 Å². The molecule has 0 radical (unpaired) electrons. The zero-order valence-electron chi connectivity index (χ0n) is 21.6. The summed E-state index contributed by atoms with van der Waals surface area (Å²) < 4.78 is 19.2. The van der Waals surface area contributed by atoms with Crippen LogP contribution in [-0.4, -0.2) is 39.2 Å². The molecule has 5 heteroatoms. The van der Waals surface area contributed by atoms with Crippen molar-refractivity contribution in [2.75, 3.05) is 13.2 Å². The van der Waals surface area contributed by atoms with E-state index in [4.69, 9.17) is 13.9 Å². The molecular formula is C27H46O4Si. The van der Waals surface area contributed by atoms with Gasteiger partial charge in [-0.3, -0.25) is 4.79 Å². The highest BCUT2D eigenvalue weighted by Gasteiger charge is 2.66. The number of hydrogen-bond donors (Lipinski definition) is 0. The third kappa shape index (κ3) is 3.61. The molecule has 1 aliphatic heterocycles. The smallest absolute Gasteiger partial charge is 0.192 e. The summed E-state index contributed by atoms with van der Waals surface area (Å²) in [6.45, 7) is 21.7. The molecule has 2 unspecified atom stereocenters. The molecule has 1 spiro atoms. The Balaban J connectivity index is 1.51. The molecule has 3 saturated carbocycles. The van der Waals surface area contributed by atoms with Gasteiger partial charge in [-0.2, -0.15) is 0 Å². The minimum Gasteiger partial charge on any atom is -0.413 e. The van der Waals surface area contributed by atoms with Gasteiger partial charge in [-0.1, -0.05) is 40.7 Å². The average Bonchev–Trinajstić information content (AvgIpc) is 3.29. The lowest BCUT2D eigenvalue weighted by molar-refractivity contribution is -0.239. The normalized spacial score (nSPS) is 42.3. The molecular weight excluding hydrogens is 416 g/mol. The quantitative estimate of drug-likeness (QED) is 0.353. The van der Waals surface area contributed by atoms with Gasteiger partial charge >= 0.3 is 0 Å². The zero-order valence-corrected chi connectivity index (χ0v) is 22.6. The van der Waals surface area contributed by atoms with Crippen LogP contribution in [0.5, 0.6) is 0 Å². The monoisotopic (exact) mass is 462 g/mol. The van der Waals surface area contributed by atoms with Gasteiger partial charge in [-0.05, 0) is 68.0 Å². The van der Waals surface area contributed by atoms with E-state index in [0.717, 1.165) is 38.5 Å². The largest absolute Gasteiger partial charge is 0.413 e. The molecule has 3 aliphatic carbocycles. The van der Waals surface area contributed by atoms with Crippen LogP contribution in [0.25, 0.3) is 0 Å². The molecule has 0 amide bonds. The predicted molar refractivity (Wildman–Crippen MR) is 131 cm³/mol. The van der Waals surface area contributed by atoms with E-state index in [2.05, 4.69) is 60.4 Å². The molecule has 32 heavy (non-hydrogen) atoms. The van der Waals surface area contributed by atoms with Crippen LogP contribution in [0.4, 0.5) is 0 Å². The highest BCUT2D eigenvalue weighted by molar-refractivity contribution is 6.74. The number of Topliss-reactive ketones (excluding diaryl/α,β-unsaturated/α-hetero) is 1. The third-order valence-electron chi connectivity index (χ3n) is 10.5. The number of ether oxygens (including phenoxy) is 2. The SMILES string of the molecule is C=C[C@@H]1C([C@@]2(C)CC[C@H](O[Si](C)(C)C(C)(C)C)CC2=O)CC[C@@]2(C)C1CCC21OCCO1. The molecule has 4 aliphatic rings. The predicted octanol–water partition coefficient (Wildman–Crippen LogP) is 6.51. The number of carbonyl (C=O) groups excluding carboxylic acids is 1. The maximum Gasteiger partial charge on any atom is 0.192 e. The Morgan fingerprint density at radius 3 is 2.22 bits per heavy atom. The van der Waals surface area contributed by atoms with Crippen LogP contribution in [0, 0.1) is 28.6 Å². The first-order valence-electron chi connectivity index (χ1n) is 12.9. The molecule has 6 atom stereocenters. The number of hydrogen-bond acceptors (Lipinski definition) is 4. The number of carbonyl (C=O) groups is 1. The maximum absolute atomic E-state index is 13.7. The van der Waals surface area contributed by atoms with Gasteiger partial charge in [-0.25, -0.2) is 0 Å². The van der Waals surface area contributed by atoms with Gasteiger partial charge in [0.25, 0.3) is 0 Å². The van der Waals surface area contributed by atoms with Gasteiger partial charge < -0.3 is 13.9 Å². The fraction of sp³-hybridized carbons (Fsp3) is 0.889. The second kappa shape index (κ2) is 8.03. The van der Waals surface area contributed by atoms with Crippen LogP contribution in [0.1, 0.15) is 79.6 Å². The van der Waals surface area contributed by atoms with Crippen LogP contribution >= 0.6 is 0 Å². The van der Waals surface area contributed by atoms with E-state index in [1.54, 1.807) is 0 Å². The Morgan fingerprint density at radius 2 is 1.66 bits per heavy atom. The first-order chi connectivity index (χ1) is 14.8. The van der Waals surface area contributed by atoms with E-state index in [9.17, 15) is 4.79 Å². The van der Waals surface area contributed by atoms with Gasteiger partial charge in [0.05, 0.1) is 19.3 Å². The average molecular weight is 463 g/mol. The summed E-state index contributed by atoms with van der Waals surface area (Å²) in [5, 5.41) is 0.168. The van der Waals surface area contributed by atoms with Gasteiger partial charge in [-0.15, -0.1) is 6.58 Å². The maximum atomic E-state index is 13.7. The number of rotatable bonds is 4. The van der Waals surface area contributed by atoms with Gasteiger partial charge in [0.1, 0.15) is 5.78 Å². The van der Waals surface area contributed by atoms with Crippen molar-refractivity contribution in [1.82, 2.24) is 0 Å². The lowest BCUT2D eigenvalue weighted by Crippen LogP contribution is -2.55. The molecule has 0 N–H and O–H groups in total. The Kier molecular flexibility index (Phi) is 6.18. The van der Waals surface area contributed by atoms with Crippen molar-refractivity contribution in [2.24, 2.45) is 28.6 Å². The topological polar surface area (TPSA) is 44.8 Å². The number of fused-ring (bicyclic) bond motifs is 2. The Morgan fingerprint density at radius 1 is 1.03 bits per heavy atom. The van der Waals surface area contributed by atoms with E-state index in [0.29, 0.717) is 43.2 Å². The highest BCUT2D eigenvalue weighted by Crippen LogP contribution is 2.66. The van der Waals surface area contributed by atoms with E-state index in [1.807, 2.05) is 0 Å². The molecule has 4 rings (SSSR count). The van der Waals surface area contributed by atoms with Crippen molar-refractivity contribution >= 4 is 14.1 Å². The summed E-state index contributed by atoms with van der Waals surface area (Å²) in [5.41, 5.74) is -0.262. The van der Waals surface area contributed by atoms with Crippen molar-refractivity contribution in [1.29, 1.82) is 0 Å². The standard InChI is InChI=1S/C27H46O4Si/c1-9-20-21(11-14-26(6)22(20)12-15-27(26)29-16-17-30-27)25(5)13-10-19(18-23(25)28)31-32(7,8)24(2,3)4/h9,19-22H,1,10-18H2,2-8H3/t19-,20+,21?,22?,25+,26-/m0/s1. The minimum absolute atomic E-state index is 0.0148. The summed E-state index contributed by atoms with van der Waals surface area (Å²) in [5.74, 6) is 1.17. The van der Waals surface area contributed by atoms with E-state index < -0.39 is 14.1 Å². The van der Waals surface area contributed by atoms with Crippen molar-refractivity contribution in [3.8, 4) is 0 Å². The van der Waals surface area contributed by atoms with E-state index in [-0.39, 0.29) is 22.0 Å². The van der Waals surface area contributed by atoms with Crippen molar-refractivity contribution < 1.29 is 18.7 Å². The van der Waals surface area contributed by atoms with Crippen molar-refractivity contribution in [3.05, 3.63) is 12.7 Å². The summed E-state index contributed by atoms with van der Waals surface area (Å²) >= 11 is 0. The minimum atomic E-state index is -1.87. The van der Waals surface area contributed by atoms with Crippen LogP contribution < -0.4 is 0 Å². The molecule has 0 bridgehead atoms.